The zero-order valence-corrected chi connectivity index (χ0v) is 8.83. The molecule has 0 aliphatic heterocycles. The highest BCUT2D eigenvalue weighted by molar-refractivity contribution is 5.91. The number of carbonyl (C=O) groups excluding carboxylic acids is 1. The van der Waals surface area contributed by atoms with Crippen molar-refractivity contribution in [3.8, 4) is 6.07 Å². The molecule has 1 N–H and O–H groups in total. The van der Waals surface area contributed by atoms with Crippen molar-refractivity contribution < 1.29 is 9.21 Å². The van der Waals surface area contributed by atoms with Crippen molar-refractivity contribution in [1.29, 1.82) is 5.26 Å². The molecule has 0 bridgehead atoms. The van der Waals surface area contributed by atoms with Gasteiger partial charge in [0.1, 0.15) is 0 Å². The van der Waals surface area contributed by atoms with Crippen LogP contribution in [0.4, 0.5) is 0 Å². The van der Waals surface area contributed by atoms with Crippen LogP contribution in [-0.4, -0.2) is 10.9 Å². The number of hydrogen-bond acceptors (Lipinski definition) is 4. The Hall–Kier alpha value is -2.61. The zero-order valence-electron chi connectivity index (χ0n) is 8.83. The maximum atomic E-state index is 11.7. The third-order valence-electron chi connectivity index (χ3n) is 2.13. The molecule has 2 heterocycles. The van der Waals surface area contributed by atoms with Crippen molar-refractivity contribution in [1.82, 2.24) is 10.3 Å². The van der Waals surface area contributed by atoms with E-state index in [1.165, 1.54) is 12.3 Å². The van der Waals surface area contributed by atoms with E-state index >= 15 is 0 Å². The van der Waals surface area contributed by atoms with Crippen LogP contribution in [0.2, 0.25) is 0 Å². The minimum absolute atomic E-state index is 0.168. The average Bonchev–Trinajstić information content (AvgIpc) is 2.90. The summed E-state index contributed by atoms with van der Waals surface area (Å²) in [6.45, 7) is 0. The van der Waals surface area contributed by atoms with Gasteiger partial charge in [-0.25, -0.2) is 0 Å². The molecule has 0 saturated carbocycles. The molecule has 0 radical (unpaired) electrons. The lowest BCUT2D eigenvalue weighted by atomic mass is 10.2. The van der Waals surface area contributed by atoms with E-state index in [2.05, 4.69) is 10.3 Å². The molecule has 1 unspecified atom stereocenters. The molecule has 0 saturated heterocycles. The summed E-state index contributed by atoms with van der Waals surface area (Å²) in [4.78, 5) is 15.7. The fourth-order valence-electron chi connectivity index (χ4n) is 1.33. The van der Waals surface area contributed by atoms with Crippen molar-refractivity contribution in [3.63, 3.8) is 0 Å². The van der Waals surface area contributed by atoms with Gasteiger partial charge in [0.25, 0.3) is 5.91 Å². The minimum atomic E-state index is -0.784. The van der Waals surface area contributed by atoms with E-state index < -0.39 is 11.9 Å². The predicted molar refractivity (Wildman–Crippen MR) is 58.8 cm³/mol. The minimum Gasteiger partial charge on any atom is -0.459 e. The first-order chi connectivity index (χ1) is 8.31. The Labute approximate surface area is 97.7 Å². The Balaban J connectivity index is 2.12. The number of nitrogens with zero attached hydrogens (tertiary/aromatic N) is 2. The number of aromatic nitrogens is 1. The summed E-state index contributed by atoms with van der Waals surface area (Å²) in [6, 6.07) is 9.50. The van der Waals surface area contributed by atoms with Crippen LogP contribution in [0.5, 0.6) is 0 Å². The van der Waals surface area contributed by atoms with E-state index in [1.54, 1.807) is 30.5 Å². The van der Waals surface area contributed by atoms with E-state index in [9.17, 15) is 4.79 Å². The van der Waals surface area contributed by atoms with E-state index in [-0.39, 0.29) is 5.76 Å². The molecule has 0 aliphatic carbocycles. The summed E-state index contributed by atoms with van der Waals surface area (Å²) in [7, 11) is 0. The van der Waals surface area contributed by atoms with E-state index in [1.807, 2.05) is 6.07 Å². The van der Waals surface area contributed by atoms with Gasteiger partial charge in [0, 0.05) is 6.20 Å². The molecular weight excluding hydrogens is 218 g/mol. The quantitative estimate of drug-likeness (QED) is 0.864. The van der Waals surface area contributed by atoms with Gasteiger partial charge < -0.3 is 9.73 Å². The first-order valence-corrected chi connectivity index (χ1v) is 4.96. The van der Waals surface area contributed by atoms with Crippen molar-refractivity contribution >= 4 is 5.91 Å². The second-order valence-electron chi connectivity index (χ2n) is 3.27. The maximum absolute atomic E-state index is 11.7. The standard InChI is InChI=1S/C12H9N3O2/c13-8-10(9-4-1-2-6-14-9)15-12(16)11-5-3-7-17-11/h1-7,10H,(H,15,16). The number of nitrogens with one attached hydrogen (secondary N) is 1. The summed E-state index contributed by atoms with van der Waals surface area (Å²) in [5.41, 5.74) is 0.495. The normalized spacial score (nSPS) is 11.5. The lowest BCUT2D eigenvalue weighted by Gasteiger charge is -2.09. The molecule has 0 fully saturated rings. The molecule has 0 aromatic carbocycles. The molecule has 5 heteroatoms. The maximum Gasteiger partial charge on any atom is 0.288 e. The van der Waals surface area contributed by atoms with E-state index in [0.29, 0.717) is 5.69 Å². The number of furan rings is 1. The van der Waals surface area contributed by atoms with E-state index in [0.717, 1.165) is 0 Å². The first-order valence-electron chi connectivity index (χ1n) is 4.96. The molecule has 1 amide bonds. The van der Waals surface area contributed by atoms with Crippen LogP contribution in [0, 0.1) is 11.3 Å². The van der Waals surface area contributed by atoms with Gasteiger partial charge in [-0.15, -0.1) is 0 Å². The van der Waals surface area contributed by atoms with Gasteiger partial charge in [0.2, 0.25) is 0 Å². The van der Waals surface area contributed by atoms with Crippen LogP contribution in [0.25, 0.3) is 0 Å². The van der Waals surface area contributed by atoms with Crippen LogP contribution in [0.1, 0.15) is 22.3 Å². The van der Waals surface area contributed by atoms with Gasteiger partial charge in [-0.2, -0.15) is 5.26 Å². The third kappa shape index (κ3) is 2.49. The topological polar surface area (TPSA) is 78.9 Å². The van der Waals surface area contributed by atoms with Gasteiger partial charge in [0.15, 0.2) is 11.8 Å². The van der Waals surface area contributed by atoms with Crippen molar-refractivity contribution in [2.24, 2.45) is 0 Å². The highest BCUT2D eigenvalue weighted by Gasteiger charge is 2.17. The van der Waals surface area contributed by atoms with Crippen molar-refractivity contribution in [2.75, 3.05) is 0 Å². The zero-order chi connectivity index (χ0) is 12.1. The number of hydrogen-bond donors (Lipinski definition) is 1. The number of rotatable bonds is 3. The summed E-state index contributed by atoms with van der Waals surface area (Å²) < 4.78 is 4.93. The monoisotopic (exact) mass is 227 g/mol. The van der Waals surface area contributed by atoms with Crippen LogP contribution in [0.15, 0.2) is 47.2 Å². The molecule has 0 aliphatic rings. The largest absolute Gasteiger partial charge is 0.459 e. The Kier molecular flexibility index (Phi) is 3.17. The number of nitriles is 1. The highest BCUT2D eigenvalue weighted by atomic mass is 16.3. The molecule has 1 atom stereocenters. The lowest BCUT2D eigenvalue weighted by molar-refractivity contribution is 0.0916. The molecule has 0 spiro atoms. The van der Waals surface area contributed by atoms with Crippen molar-refractivity contribution in [3.05, 3.63) is 54.2 Å². The smallest absolute Gasteiger partial charge is 0.288 e. The molecule has 5 nitrogen and oxygen atoms in total. The Morgan fingerprint density at radius 2 is 2.29 bits per heavy atom. The van der Waals surface area contributed by atoms with Crippen molar-refractivity contribution in [2.45, 2.75) is 6.04 Å². The second-order valence-corrected chi connectivity index (χ2v) is 3.27. The van der Waals surface area contributed by atoms with Crippen LogP contribution in [-0.2, 0) is 0 Å². The second kappa shape index (κ2) is 4.94. The average molecular weight is 227 g/mol. The van der Waals surface area contributed by atoms with Gasteiger partial charge in [-0.1, -0.05) is 6.07 Å². The van der Waals surface area contributed by atoms with Crippen LogP contribution < -0.4 is 5.32 Å². The fourth-order valence-corrected chi connectivity index (χ4v) is 1.33. The van der Waals surface area contributed by atoms with Crippen LogP contribution >= 0.6 is 0 Å². The molecule has 2 aromatic heterocycles. The Morgan fingerprint density at radius 3 is 2.88 bits per heavy atom. The Bertz CT molecular complexity index is 529. The Morgan fingerprint density at radius 1 is 1.41 bits per heavy atom. The molecular formula is C12H9N3O2. The predicted octanol–water partition coefficient (Wildman–Crippen LogP) is 1.67. The molecule has 2 rings (SSSR count). The lowest BCUT2D eigenvalue weighted by Crippen LogP contribution is -2.27. The summed E-state index contributed by atoms with van der Waals surface area (Å²) in [5.74, 6) is -0.270. The van der Waals surface area contributed by atoms with Gasteiger partial charge in [-0.3, -0.25) is 9.78 Å². The number of amides is 1. The summed E-state index contributed by atoms with van der Waals surface area (Å²) in [5, 5.41) is 11.5. The first kappa shape index (κ1) is 10.9. The van der Waals surface area contributed by atoms with Gasteiger partial charge >= 0.3 is 0 Å². The third-order valence-corrected chi connectivity index (χ3v) is 2.13. The molecule has 17 heavy (non-hydrogen) atoms. The molecule has 2 aromatic rings. The van der Waals surface area contributed by atoms with E-state index in [4.69, 9.17) is 9.68 Å². The highest BCUT2D eigenvalue weighted by Crippen LogP contribution is 2.09. The number of carbonyl (C=O) groups is 1. The summed E-state index contributed by atoms with van der Waals surface area (Å²) in [6.07, 6.45) is 2.97. The fraction of sp³-hybridized carbons (Fsp3) is 0.0833. The SMILES string of the molecule is N#CC(NC(=O)c1ccco1)c1ccccn1. The van der Waals surface area contributed by atoms with Gasteiger partial charge in [-0.05, 0) is 24.3 Å². The van der Waals surface area contributed by atoms with Crippen LogP contribution in [0.3, 0.4) is 0 Å². The summed E-state index contributed by atoms with van der Waals surface area (Å²) >= 11 is 0. The van der Waals surface area contributed by atoms with Gasteiger partial charge in [0.05, 0.1) is 18.0 Å². The number of pyridine rings is 1. The molecule has 84 valence electrons.